The minimum atomic E-state index is -0.162. The van der Waals surface area contributed by atoms with Crippen LogP contribution in [0.15, 0.2) is 54.6 Å². The molecule has 1 amide bonds. The summed E-state index contributed by atoms with van der Waals surface area (Å²) in [6.45, 7) is 1.96. The molecule has 0 atom stereocenters. The van der Waals surface area contributed by atoms with E-state index < -0.39 is 0 Å². The van der Waals surface area contributed by atoms with E-state index >= 15 is 0 Å². The molecule has 3 aromatic carbocycles. The van der Waals surface area contributed by atoms with Crippen LogP contribution in [0.4, 0.5) is 5.69 Å². The van der Waals surface area contributed by atoms with Crippen LogP contribution in [0, 0.1) is 6.92 Å². The first-order valence-electron chi connectivity index (χ1n) is 8.41. The lowest BCUT2D eigenvalue weighted by molar-refractivity contribution is -0.119. The van der Waals surface area contributed by atoms with Crippen molar-refractivity contribution in [3.8, 4) is 0 Å². The van der Waals surface area contributed by atoms with E-state index in [0.29, 0.717) is 0 Å². The number of thiocarbonyl (C=S) groups is 1. The van der Waals surface area contributed by atoms with E-state index in [1.165, 1.54) is 0 Å². The molecular formula is C20H16N4OS2. The molecule has 2 N–H and O–H groups in total. The number of rotatable bonds is 3. The number of aromatic nitrogens is 2. The van der Waals surface area contributed by atoms with Crippen LogP contribution in [0.3, 0.4) is 0 Å². The quantitative estimate of drug-likeness (QED) is 0.511. The van der Waals surface area contributed by atoms with Crippen molar-refractivity contribution < 1.29 is 4.79 Å². The molecule has 1 heterocycles. The second kappa shape index (κ2) is 7.38. The summed E-state index contributed by atoms with van der Waals surface area (Å²) in [7, 11) is 0. The first-order valence-corrected chi connectivity index (χ1v) is 9.55. The highest BCUT2D eigenvalue weighted by molar-refractivity contribution is 7.80. The molecule has 5 nitrogen and oxygen atoms in total. The van der Waals surface area contributed by atoms with Gasteiger partial charge >= 0.3 is 0 Å². The van der Waals surface area contributed by atoms with Gasteiger partial charge in [0, 0.05) is 0 Å². The van der Waals surface area contributed by atoms with Gasteiger partial charge in [-0.3, -0.25) is 4.79 Å². The molecule has 0 fully saturated rings. The van der Waals surface area contributed by atoms with Gasteiger partial charge in [0.25, 0.3) is 0 Å². The van der Waals surface area contributed by atoms with Crippen molar-refractivity contribution in [2.24, 2.45) is 0 Å². The maximum Gasteiger partial charge on any atom is 0.230 e. The van der Waals surface area contributed by atoms with Crippen LogP contribution in [0.5, 0.6) is 0 Å². The molecule has 0 aliphatic heterocycles. The smallest absolute Gasteiger partial charge is 0.230 e. The van der Waals surface area contributed by atoms with E-state index in [-0.39, 0.29) is 17.4 Å². The molecule has 0 radical (unpaired) electrons. The minimum absolute atomic E-state index is 0.162. The van der Waals surface area contributed by atoms with Crippen molar-refractivity contribution in [2.45, 2.75) is 13.3 Å². The molecule has 0 aliphatic carbocycles. The molecule has 27 heavy (non-hydrogen) atoms. The first-order chi connectivity index (χ1) is 13.1. The Hall–Kier alpha value is -2.90. The SMILES string of the molecule is Cc1ccc2nsnc2c1NC(=S)NC(=O)Cc1cccc2ccccc12. The molecule has 4 rings (SSSR count). The van der Waals surface area contributed by atoms with Gasteiger partial charge in [-0.05, 0) is 47.1 Å². The monoisotopic (exact) mass is 392 g/mol. The van der Waals surface area contributed by atoms with Crippen LogP contribution < -0.4 is 10.6 Å². The van der Waals surface area contributed by atoms with E-state index in [0.717, 1.165) is 50.3 Å². The summed E-state index contributed by atoms with van der Waals surface area (Å²) in [5.74, 6) is -0.162. The number of nitrogens with zero attached hydrogens (tertiary/aromatic N) is 2. The van der Waals surface area contributed by atoms with Gasteiger partial charge in [0.15, 0.2) is 5.11 Å². The van der Waals surface area contributed by atoms with Crippen LogP contribution >= 0.6 is 23.9 Å². The molecule has 0 aliphatic rings. The van der Waals surface area contributed by atoms with Crippen LogP contribution in [0.2, 0.25) is 0 Å². The largest absolute Gasteiger partial charge is 0.330 e. The molecule has 0 unspecified atom stereocenters. The Morgan fingerprint density at radius 1 is 1.07 bits per heavy atom. The number of benzene rings is 3. The molecule has 0 spiro atoms. The maximum absolute atomic E-state index is 12.5. The van der Waals surface area contributed by atoms with Crippen molar-refractivity contribution in [3.05, 3.63) is 65.7 Å². The number of amides is 1. The van der Waals surface area contributed by atoms with Crippen molar-refractivity contribution in [1.82, 2.24) is 14.1 Å². The van der Waals surface area contributed by atoms with Gasteiger partial charge in [-0.25, -0.2) is 0 Å². The molecule has 7 heteroatoms. The zero-order valence-corrected chi connectivity index (χ0v) is 16.2. The molecular weight excluding hydrogens is 376 g/mol. The summed E-state index contributed by atoms with van der Waals surface area (Å²) in [5.41, 5.74) is 4.29. The molecule has 134 valence electrons. The average molecular weight is 393 g/mol. The second-order valence-corrected chi connectivity index (χ2v) is 7.14. The number of hydrogen-bond donors (Lipinski definition) is 2. The van der Waals surface area contributed by atoms with Crippen LogP contribution in [0.25, 0.3) is 21.8 Å². The highest BCUT2D eigenvalue weighted by Crippen LogP contribution is 2.25. The van der Waals surface area contributed by atoms with Gasteiger partial charge in [-0.2, -0.15) is 8.75 Å². The van der Waals surface area contributed by atoms with Gasteiger partial charge in [0.2, 0.25) is 5.91 Å². The Labute approximate surface area is 165 Å². The Balaban J connectivity index is 1.48. The minimum Gasteiger partial charge on any atom is -0.330 e. The van der Waals surface area contributed by atoms with Crippen molar-refractivity contribution in [2.75, 3.05) is 5.32 Å². The summed E-state index contributed by atoms with van der Waals surface area (Å²) in [4.78, 5) is 12.5. The molecule has 0 saturated heterocycles. The van der Waals surface area contributed by atoms with E-state index in [1.807, 2.05) is 61.5 Å². The zero-order chi connectivity index (χ0) is 18.8. The lowest BCUT2D eigenvalue weighted by Crippen LogP contribution is -2.35. The predicted molar refractivity (Wildman–Crippen MR) is 114 cm³/mol. The summed E-state index contributed by atoms with van der Waals surface area (Å²) in [5, 5.41) is 8.30. The fourth-order valence-electron chi connectivity index (χ4n) is 3.05. The fraction of sp³-hybridized carbons (Fsp3) is 0.100. The van der Waals surface area contributed by atoms with Gasteiger partial charge in [-0.1, -0.05) is 48.5 Å². The lowest BCUT2D eigenvalue weighted by Gasteiger charge is -2.12. The van der Waals surface area contributed by atoms with Crippen LogP contribution in [-0.2, 0) is 11.2 Å². The van der Waals surface area contributed by atoms with Crippen LogP contribution in [-0.4, -0.2) is 19.8 Å². The highest BCUT2D eigenvalue weighted by Gasteiger charge is 2.12. The Morgan fingerprint density at radius 3 is 2.78 bits per heavy atom. The average Bonchev–Trinajstić information content (AvgIpc) is 3.13. The number of nitrogens with one attached hydrogen (secondary N) is 2. The van der Waals surface area contributed by atoms with Crippen molar-refractivity contribution in [3.63, 3.8) is 0 Å². The van der Waals surface area contributed by atoms with E-state index in [2.05, 4.69) is 19.4 Å². The number of anilines is 1. The molecule has 1 aromatic heterocycles. The van der Waals surface area contributed by atoms with Crippen molar-refractivity contribution >= 4 is 62.5 Å². The predicted octanol–water partition coefficient (Wildman–Crippen LogP) is 4.21. The maximum atomic E-state index is 12.5. The third-order valence-electron chi connectivity index (χ3n) is 4.36. The van der Waals surface area contributed by atoms with Crippen LogP contribution in [0.1, 0.15) is 11.1 Å². The third kappa shape index (κ3) is 3.65. The lowest BCUT2D eigenvalue weighted by atomic mass is 10.0. The van der Waals surface area contributed by atoms with Gasteiger partial charge in [-0.15, -0.1) is 0 Å². The van der Waals surface area contributed by atoms with Gasteiger partial charge in [0.1, 0.15) is 11.0 Å². The topological polar surface area (TPSA) is 66.9 Å². The zero-order valence-electron chi connectivity index (χ0n) is 14.5. The summed E-state index contributed by atoms with van der Waals surface area (Å²) < 4.78 is 8.54. The third-order valence-corrected chi connectivity index (χ3v) is 5.11. The number of carbonyl (C=O) groups excluding carboxylic acids is 1. The summed E-state index contributed by atoms with van der Waals surface area (Å²) in [6.07, 6.45) is 0.255. The van der Waals surface area contributed by atoms with E-state index in [9.17, 15) is 4.79 Å². The van der Waals surface area contributed by atoms with Gasteiger partial charge in [0.05, 0.1) is 23.8 Å². The Kier molecular flexibility index (Phi) is 4.79. The number of fused-ring (bicyclic) bond motifs is 2. The summed E-state index contributed by atoms with van der Waals surface area (Å²) in [6, 6.07) is 17.8. The van der Waals surface area contributed by atoms with E-state index in [1.54, 1.807) is 0 Å². The first kappa shape index (κ1) is 17.5. The van der Waals surface area contributed by atoms with Crippen molar-refractivity contribution in [1.29, 1.82) is 0 Å². The molecule has 4 aromatic rings. The Morgan fingerprint density at radius 2 is 1.89 bits per heavy atom. The number of carbonyl (C=O) groups is 1. The number of aryl methyl sites for hydroxylation is 1. The van der Waals surface area contributed by atoms with Gasteiger partial charge < -0.3 is 10.6 Å². The standard InChI is InChI=1S/C20H16N4OS2/c1-12-9-10-16-19(24-27-23-16)18(12)22-20(26)21-17(25)11-14-7-4-6-13-5-2-3-8-15(13)14/h2-10H,11H2,1H3,(H2,21,22,25,26). The molecule has 0 saturated carbocycles. The normalized spacial score (nSPS) is 10.9. The Bertz CT molecular complexity index is 1160. The second-order valence-electron chi connectivity index (χ2n) is 6.21. The highest BCUT2D eigenvalue weighted by atomic mass is 32.1. The van der Waals surface area contributed by atoms with E-state index in [4.69, 9.17) is 12.2 Å². The molecule has 0 bridgehead atoms. The summed E-state index contributed by atoms with van der Waals surface area (Å²) >= 11 is 6.48. The number of hydrogen-bond acceptors (Lipinski definition) is 5. The fourth-order valence-corrected chi connectivity index (χ4v) is 3.80.